The van der Waals surface area contributed by atoms with Gasteiger partial charge in [0.25, 0.3) is 0 Å². The Kier molecular flexibility index (Phi) is 7.24. The number of fused-ring (bicyclic) bond motifs is 1. The number of nitriles is 1. The molecule has 0 spiro atoms. The number of carbonyl (C=O) groups excluding carboxylic acids is 3. The van der Waals surface area contributed by atoms with Crippen LogP contribution < -0.4 is 9.97 Å². The zero-order chi connectivity index (χ0) is 22.2. The maximum absolute atomic E-state index is 12.4. The van der Waals surface area contributed by atoms with E-state index in [9.17, 15) is 19.4 Å². The first-order chi connectivity index (χ1) is 15.0. The molecule has 1 atom stereocenters. The average Bonchev–Trinajstić information content (AvgIpc) is 2.78. The summed E-state index contributed by atoms with van der Waals surface area (Å²) < 4.78 is 15.4. The van der Waals surface area contributed by atoms with Crippen LogP contribution in [0.5, 0.6) is 5.75 Å². The third-order valence-corrected chi connectivity index (χ3v) is 4.54. The molecule has 0 saturated carbocycles. The second kappa shape index (κ2) is 10.3. The quantitative estimate of drug-likeness (QED) is 0.389. The lowest BCUT2D eigenvalue weighted by Crippen LogP contribution is -2.53. The Morgan fingerprint density at radius 2 is 1.87 bits per heavy atom. The van der Waals surface area contributed by atoms with E-state index in [1.54, 1.807) is 42.5 Å². The van der Waals surface area contributed by atoms with Crippen LogP contribution in [0.3, 0.4) is 0 Å². The van der Waals surface area contributed by atoms with Gasteiger partial charge in [0, 0.05) is 12.8 Å². The molecule has 31 heavy (non-hydrogen) atoms. The molecule has 0 aromatic heterocycles. The molecule has 158 valence electrons. The number of hydrogen-bond donors (Lipinski definition) is 2. The van der Waals surface area contributed by atoms with Gasteiger partial charge < -0.3 is 24.5 Å². The van der Waals surface area contributed by atoms with Gasteiger partial charge in [-0.2, -0.15) is 5.26 Å². The lowest BCUT2D eigenvalue weighted by atomic mass is 9.72. The molecule has 0 radical (unpaired) electrons. The summed E-state index contributed by atoms with van der Waals surface area (Å²) in [5, 5.41) is 21.4. The van der Waals surface area contributed by atoms with Crippen molar-refractivity contribution in [2.45, 2.75) is 25.2 Å². The van der Waals surface area contributed by atoms with Crippen LogP contribution in [0.4, 0.5) is 0 Å². The molecule has 10 heteroatoms. The van der Waals surface area contributed by atoms with Crippen molar-refractivity contribution in [2.75, 3.05) is 6.79 Å². The SMILES string of the molecule is N#CCCC(=O)N[C@H]1Cc2cccc(C(=O)OCOC(=O)c3ccccc3)c2OB1O. The van der Waals surface area contributed by atoms with Gasteiger partial charge in [-0.05, 0) is 30.2 Å². The number of nitrogens with zero attached hydrogens (tertiary/aromatic N) is 1. The highest BCUT2D eigenvalue weighted by molar-refractivity contribution is 6.47. The number of amides is 1. The highest BCUT2D eigenvalue weighted by Crippen LogP contribution is 2.30. The summed E-state index contributed by atoms with van der Waals surface area (Å²) in [4.78, 5) is 36.2. The average molecular weight is 422 g/mol. The molecular formula is C21H19BN2O7. The Morgan fingerprint density at radius 3 is 2.61 bits per heavy atom. The molecule has 0 fully saturated rings. The molecule has 2 N–H and O–H groups in total. The van der Waals surface area contributed by atoms with Gasteiger partial charge in [-0.15, -0.1) is 0 Å². The number of hydrogen-bond acceptors (Lipinski definition) is 8. The van der Waals surface area contributed by atoms with Gasteiger partial charge in [0.2, 0.25) is 12.7 Å². The minimum Gasteiger partial charge on any atom is -0.534 e. The normalized spacial score (nSPS) is 14.5. The van der Waals surface area contributed by atoms with Crippen molar-refractivity contribution in [2.24, 2.45) is 0 Å². The minimum atomic E-state index is -1.39. The van der Waals surface area contributed by atoms with Crippen molar-refractivity contribution >= 4 is 25.0 Å². The van der Waals surface area contributed by atoms with E-state index < -0.39 is 31.8 Å². The number of carbonyl (C=O) groups is 3. The van der Waals surface area contributed by atoms with Gasteiger partial charge in [-0.25, -0.2) is 9.59 Å². The van der Waals surface area contributed by atoms with E-state index in [-0.39, 0.29) is 36.5 Å². The summed E-state index contributed by atoms with van der Waals surface area (Å²) in [5.74, 6) is -2.39. The third kappa shape index (κ3) is 5.61. The number of esters is 2. The fraction of sp³-hybridized carbons (Fsp3) is 0.238. The van der Waals surface area contributed by atoms with Crippen LogP contribution >= 0.6 is 0 Å². The van der Waals surface area contributed by atoms with Crippen molar-refractivity contribution < 1.29 is 33.5 Å². The maximum atomic E-state index is 12.4. The first-order valence-electron chi connectivity index (χ1n) is 9.52. The van der Waals surface area contributed by atoms with Crippen LogP contribution in [-0.4, -0.2) is 42.7 Å². The van der Waals surface area contributed by atoms with Gasteiger partial charge in [0.05, 0.1) is 17.6 Å². The van der Waals surface area contributed by atoms with E-state index in [4.69, 9.17) is 19.4 Å². The number of ether oxygens (including phenoxy) is 2. The Hall–Kier alpha value is -3.84. The lowest BCUT2D eigenvalue weighted by Gasteiger charge is -2.29. The van der Waals surface area contributed by atoms with Crippen molar-refractivity contribution in [3.05, 3.63) is 65.2 Å². The van der Waals surface area contributed by atoms with Crippen LogP contribution in [-0.2, 0) is 20.7 Å². The van der Waals surface area contributed by atoms with Crippen molar-refractivity contribution in [3.63, 3.8) is 0 Å². The fourth-order valence-electron chi connectivity index (χ4n) is 3.03. The minimum absolute atomic E-state index is 0.0145. The van der Waals surface area contributed by atoms with E-state index in [0.29, 0.717) is 11.1 Å². The Morgan fingerprint density at radius 1 is 1.13 bits per heavy atom. The second-order valence-electron chi connectivity index (χ2n) is 6.69. The maximum Gasteiger partial charge on any atom is 0.547 e. The molecule has 2 aromatic carbocycles. The molecule has 3 rings (SSSR count). The van der Waals surface area contributed by atoms with E-state index in [0.717, 1.165) is 0 Å². The first kappa shape index (κ1) is 21.9. The number of benzene rings is 2. The van der Waals surface area contributed by atoms with Crippen molar-refractivity contribution in [1.82, 2.24) is 5.32 Å². The molecule has 1 aliphatic heterocycles. The summed E-state index contributed by atoms with van der Waals surface area (Å²) in [6, 6.07) is 14.9. The summed E-state index contributed by atoms with van der Waals surface area (Å²) in [6.45, 7) is -0.587. The number of para-hydroxylation sites is 1. The predicted molar refractivity (Wildman–Crippen MR) is 108 cm³/mol. The summed E-state index contributed by atoms with van der Waals surface area (Å²) >= 11 is 0. The standard InChI is InChI=1S/C21H19BN2O7/c23-11-5-10-18(25)24-17-12-15-8-4-9-16(19(15)31-22(17)28)21(27)30-13-29-20(26)14-6-2-1-3-7-14/h1-4,6-9,17,28H,5,10,12-13H2,(H,24,25)/t17-/m0/s1. The van der Waals surface area contributed by atoms with Gasteiger partial charge in [0.1, 0.15) is 11.3 Å². The van der Waals surface area contributed by atoms with Gasteiger partial charge in [0.15, 0.2) is 0 Å². The topological polar surface area (TPSA) is 135 Å². The van der Waals surface area contributed by atoms with E-state index >= 15 is 0 Å². The van der Waals surface area contributed by atoms with Crippen molar-refractivity contribution in [1.29, 1.82) is 5.26 Å². The Balaban J connectivity index is 1.61. The van der Waals surface area contributed by atoms with E-state index in [1.807, 2.05) is 6.07 Å². The zero-order valence-corrected chi connectivity index (χ0v) is 16.4. The molecular weight excluding hydrogens is 403 g/mol. The van der Waals surface area contributed by atoms with Gasteiger partial charge in [-0.1, -0.05) is 30.3 Å². The van der Waals surface area contributed by atoms with Crippen LogP contribution in [0.15, 0.2) is 48.5 Å². The lowest BCUT2D eigenvalue weighted by molar-refractivity contribution is -0.121. The van der Waals surface area contributed by atoms with E-state index in [1.165, 1.54) is 6.07 Å². The molecule has 1 heterocycles. The fourth-order valence-corrected chi connectivity index (χ4v) is 3.03. The predicted octanol–water partition coefficient (Wildman–Crippen LogP) is 1.40. The molecule has 0 bridgehead atoms. The zero-order valence-electron chi connectivity index (χ0n) is 16.4. The Bertz CT molecular complexity index is 1010. The molecule has 2 aromatic rings. The van der Waals surface area contributed by atoms with Crippen LogP contribution in [0.1, 0.15) is 39.1 Å². The second-order valence-corrected chi connectivity index (χ2v) is 6.69. The molecule has 1 amide bonds. The molecule has 9 nitrogen and oxygen atoms in total. The monoisotopic (exact) mass is 422 g/mol. The smallest absolute Gasteiger partial charge is 0.534 e. The number of rotatable bonds is 7. The third-order valence-electron chi connectivity index (χ3n) is 4.54. The highest BCUT2D eigenvalue weighted by Gasteiger charge is 2.37. The highest BCUT2D eigenvalue weighted by atomic mass is 16.7. The van der Waals surface area contributed by atoms with Gasteiger partial charge >= 0.3 is 19.1 Å². The number of nitrogens with one attached hydrogen (secondary N) is 1. The van der Waals surface area contributed by atoms with Gasteiger partial charge in [-0.3, -0.25) is 4.79 Å². The Labute approximate surface area is 178 Å². The molecule has 0 aliphatic carbocycles. The molecule has 1 aliphatic rings. The van der Waals surface area contributed by atoms with Crippen LogP contribution in [0, 0.1) is 11.3 Å². The van der Waals surface area contributed by atoms with E-state index in [2.05, 4.69) is 5.32 Å². The van der Waals surface area contributed by atoms with Crippen LogP contribution in [0.2, 0.25) is 0 Å². The summed E-state index contributed by atoms with van der Waals surface area (Å²) in [6.07, 6.45) is 0.302. The summed E-state index contributed by atoms with van der Waals surface area (Å²) in [5.41, 5.74) is 0.970. The van der Waals surface area contributed by atoms with Crippen molar-refractivity contribution in [3.8, 4) is 11.8 Å². The molecule has 0 unspecified atom stereocenters. The molecule has 0 saturated heterocycles. The first-order valence-corrected chi connectivity index (χ1v) is 9.52. The summed E-state index contributed by atoms with van der Waals surface area (Å²) in [7, 11) is -1.39. The largest absolute Gasteiger partial charge is 0.547 e. The van der Waals surface area contributed by atoms with Crippen LogP contribution in [0.25, 0.3) is 0 Å².